The van der Waals surface area contributed by atoms with Crippen LogP contribution in [0.3, 0.4) is 0 Å². The summed E-state index contributed by atoms with van der Waals surface area (Å²) in [5, 5.41) is 14.5. The van der Waals surface area contributed by atoms with Crippen molar-refractivity contribution in [1.82, 2.24) is 14.7 Å². The van der Waals surface area contributed by atoms with E-state index in [1.54, 1.807) is 0 Å². The lowest BCUT2D eigenvalue weighted by molar-refractivity contribution is 0.114. The first-order valence-electron chi connectivity index (χ1n) is 6.69. The van der Waals surface area contributed by atoms with Crippen molar-refractivity contribution in [3.05, 3.63) is 16.4 Å². The molecule has 0 bridgehead atoms. The normalized spacial score (nSPS) is 21.4. The Hall–Kier alpha value is -0.580. The molecule has 18 heavy (non-hydrogen) atoms. The number of halogens is 1. The minimum atomic E-state index is 0.288. The van der Waals surface area contributed by atoms with Gasteiger partial charge in [0.1, 0.15) is 0 Å². The van der Waals surface area contributed by atoms with Crippen LogP contribution in [0.1, 0.15) is 31.2 Å². The van der Waals surface area contributed by atoms with Crippen LogP contribution < -0.4 is 0 Å². The summed E-state index contributed by atoms with van der Waals surface area (Å²) in [5.74, 6) is 0.413. The molecule has 1 N–H and O–H groups in total. The van der Waals surface area contributed by atoms with E-state index in [2.05, 4.69) is 16.9 Å². The summed E-state index contributed by atoms with van der Waals surface area (Å²) >= 11 is 6.36. The van der Waals surface area contributed by atoms with Gasteiger partial charge in [-0.2, -0.15) is 5.10 Å². The molecule has 1 aliphatic rings. The third kappa shape index (κ3) is 2.87. The number of aliphatic hydroxyl groups excluding tert-OH is 1. The van der Waals surface area contributed by atoms with Crippen LogP contribution in [0.5, 0.6) is 0 Å². The zero-order chi connectivity index (χ0) is 13.1. The molecule has 0 aliphatic carbocycles. The first-order valence-corrected chi connectivity index (χ1v) is 7.07. The van der Waals surface area contributed by atoms with Crippen molar-refractivity contribution in [3.63, 3.8) is 0 Å². The van der Waals surface area contributed by atoms with E-state index < -0.39 is 0 Å². The van der Waals surface area contributed by atoms with Gasteiger partial charge >= 0.3 is 0 Å². The number of piperidine rings is 1. The summed E-state index contributed by atoms with van der Waals surface area (Å²) < 4.78 is 1.89. The Morgan fingerprint density at radius 1 is 1.50 bits per heavy atom. The first kappa shape index (κ1) is 13.8. The Labute approximate surface area is 114 Å². The van der Waals surface area contributed by atoms with Crippen LogP contribution in [0, 0.1) is 5.92 Å². The number of hydrogen-bond acceptors (Lipinski definition) is 3. The lowest BCUT2D eigenvalue weighted by atomic mass is 9.99. The van der Waals surface area contributed by atoms with Gasteiger partial charge in [0.15, 0.2) is 0 Å². The molecule has 1 fully saturated rings. The van der Waals surface area contributed by atoms with E-state index in [0.717, 1.165) is 55.3 Å². The third-order valence-electron chi connectivity index (χ3n) is 3.74. The van der Waals surface area contributed by atoms with Crippen molar-refractivity contribution in [2.75, 3.05) is 19.7 Å². The van der Waals surface area contributed by atoms with Crippen molar-refractivity contribution >= 4 is 11.6 Å². The number of aryl methyl sites for hydroxylation is 2. The minimum absolute atomic E-state index is 0.288. The largest absolute Gasteiger partial charge is 0.396 e. The number of aliphatic hydroxyl groups is 1. The smallest absolute Gasteiger partial charge is 0.0863 e. The predicted molar refractivity (Wildman–Crippen MR) is 72.7 cm³/mol. The molecule has 1 unspecified atom stereocenters. The van der Waals surface area contributed by atoms with Gasteiger partial charge in [-0.1, -0.05) is 18.5 Å². The van der Waals surface area contributed by atoms with E-state index in [-0.39, 0.29) is 6.61 Å². The van der Waals surface area contributed by atoms with Gasteiger partial charge in [-0.05, 0) is 31.7 Å². The van der Waals surface area contributed by atoms with Crippen LogP contribution in [-0.2, 0) is 20.0 Å². The fourth-order valence-electron chi connectivity index (χ4n) is 2.65. The Kier molecular flexibility index (Phi) is 4.65. The Balaban J connectivity index is 2.07. The van der Waals surface area contributed by atoms with Gasteiger partial charge in [-0.15, -0.1) is 0 Å². The molecular formula is C13H22ClN3O. The molecule has 0 aromatic carbocycles. The second-order valence-corrected chi connectivity index (χ2v) is 5.49. The summed E-state index contributed by atoms with van der Waals surface area (Å²) in [6.45, 7) is 5.23. The molecule has 0 spiro atoms. The lowest BCUT2D eigenvalue weighted by Gasteiger charge is -2.31. The molecule has 2 rings (SSSR count). The van der Waals surface area contributed by atoms with E-state index in [4.69, 9.17) is 11.6 Å². The number of aromatic nitrogens is 2. The summed E-state index contributed by atoms with van der Waals surface area (Å²) in [6.07, 6.45) is 3.15. The van der Waals surface area contributed by atoms with Gasteiger partial charge in [-0.25, -0.2) is 0 Å². The molecule has 5 heteroatoms. The van der Waals surface area contributed by atoms with Crippen LogP contribution in [0.4, 0.5) is 0 Å². The molecule has 1 aromatic rings. The van der Waals surface area contributed by atoms with Crippen molar-refractivity contribution in [2.24, 2.45) is 13.0 Å². The number of likely N-dealkylation sites (tertiary alicyclic amines) is 1. The predicted octanol–water partition coefficient (Wildman–Crippen LogP) is 1.84. The first-order chi connectivity index (χ1) is 8.65. The fourth-order valence-corrected chi connectivity index (χ4v) is 3.00. The third-order valence-corrected chi connectivity index (χ3v) is 4.17. The van der Waals surface area contributed by atoms with Gasteiger partial charge < -0.3 is 5.11 Å². The van der Waals surface area contributed by atoms with Crippen molar-refractivity contribution in [1.29, 1.82) is 0 Å². The summed E-state index contributed by atoms with van der Waals surface area (Å²) in [7, 11) is 1.95. The molecule has 1 saturated heterocycles. The molecular weight excluding hydrogens is 250 g/mol. The van der Waals surface area contributed by atoms with E-state index in [9.17, 15) is 5.11 Å². The van der Waals surface area contributed by atoms with Crippen molar-refractivity contribution < 1.29 is 5.11 Å². The van der Waals surface area contributed by atoms with Crippen molar-refractivity contribution in [2.45, 2.75) is 32.7 Å². The number of nitrogens with zero attached hydrogens (tertiary/aromatic N) is 3. The van der Waals surface area contributed by atoms with E-state index in [1.807, 2.05) is 11.7 Å². The molecule has 4 nitrogen and oxygen atoms in total. The number of hydrogen-bond donors (Lipinski definition) is 1. The standard InChI is InChI=1S/C13H22ClN3O/c1-3-11-13(14)12(16(2)15-11)8-17-6-4-5-10(7-17)9-18/h10,18H,3-9H2,1-2H3. The van der Waals surface area contributed by atoms with Gasteiger partial charge in [0.2, 0.25) is 0 Å². The molecule has 1 aromatic heterocycles. The van der Waals surface area contributed by atoms with Crippen LogP contribution in [0.25, 0.3) is 0 Å². The minimum Gasteiger partial charge on any atom is -0.396 e. The van der Waals surface area contributed by atoms with Gasteiger partial charge in [0.05, 0.1) is 16.4 Å². The summed E-state index contributed by atoms with van der Waals surface area (Å²) in [6, 6.07) is 0. The van der Waals surface area contributed by atoms with Gasteiger partial charge in [0, 0.05) is 26.7 Å². The molecule has 0 saturated carbocycles. The topological polar surface area (TPSA) is 41.3 Å². The molecule has 0 amide bonds. The SMILES string of the molecule is CCc1nn(C)c(CN2CCCC(CO)C2)c1Cl. The van der Waals surface area contributed by atoms with Crippen molar-refractivity contribution in [3.8, 4) is 0 Å². The van der Waals surface area contributed by atoms with Crippen LogP contribution in [0.15, 0.2) is 0 Å². The average Bonchev–Trinajstić information content (AvgIpc) is 2.66. The number of rotatable bonds is 4. The maximum Gasteiger partial charge on any atom is 0.0863 e. The molecule has 2 heterocycles. The highest BCUT2D eigenvalue weighted by molar-refractivity contribution is 6.31. The fraction of sp³-hybridized carbons (Fsp3) is 0.769. The second-order valence-electron chi connectivity index (χ2n) is 5.11. The average molecular weight is 272 g/mol. The summed E-state index contributed by atoms with van der Waals surface area (Å²) in [5.41, 5.74) is 2.07. The highest BCUT2D eigenvalue weighted by Crippen LogP contribution is 2.24. The summed E-state index contributed by atoms with van der Waals surface area (Å²) in [4.78, 5) is 2.37. The Morgan fingerprint density at radius 3 is 2.89 bits per heavy atom. The zero-order valence-electron chi connectivity index (χ0n) is 11.2. The van der Waals surface area contributed by atoms with E-state index in [1.165, 1.54) is 0 Å². The van der Waals surface area contributed by atoms with Crippen LogP contribution >= 0.6 is 11.6 Å². The lowest BCUT2D eigenvalue weighted by Crippen LogP contribution is -2.36. The molecule has 0 radical (unpaired) electrons. The van der Waals surface area contributed by atoms with E-state index in [0.29, 0.717) is 5.92 Å². The maximum atomic E-state index is 9.26. The van der Waals surface area contributed by atoms with Crippen LogP contribution in [0.2, 0.25) is 5.02 Å². The maximum absolute atomic E-state index is 9.26. The highest BCUT2D eigenvalue weighted by Gasteiger charge is 2.22. The molecule has 102 valence electrons. The van der Waals surface area contributed by atoms with Gasteiger partial charge in [0.25, 0.3) is 0 Å². The highest BCUT2D eigenvalue weighted by atomic mass is 35.5. The Bertz CT molecular complexity index is 405. The van der Waals surface area contributed by atoms with E-state index >= 15 is 0 Å². The van der Waals surface area contributed by atoms with Gasteiger partial charge in [-0.3, -0.25) is 9.58 Å². The van der Waals surface area contributed by atoms with Crippen LogP contribution in [-0.4, -0.2) is 39.5 Å². The molecule has 1 atom stereocenters. The zero-order valence-corrected chi connectivity index (χ0v) is 11.9. The second kappa shape index (κ2) is 6.04. The molecule has 1 aliphatic heterocycles. The Morgan fingerprint density at radius 2 is 2.28 bits per heavy atom. The quantitative estimate of drug-likeness (QED) is 0.909. The monoisotopic (exact) mass is 271 g/mol.